The molecule has 0 aromatic rings. The molecule has 3 rings (SSSR count). The Labute approximate surface area is 135 Å². The smallest absolute Gasteiger partial charge is 0.184 e. The number of hydrogen-bond donors (Lipinski definition) is 7. The highest BCUT2D eigenvalue weighted by atomic mass is 19.1. The molecule has 11 heteroatoms. The van der Waals surface area contributed by atoms with Gasteiger partial charge >= 0.3 is 0 Å². The maximum absolute atomic E-state index is 15.1. The molecule has 0 unspecified atom stereocenters. The third kappa shape index (κ3) is 2.48. The van der Waals surface area contributed by atoms with Crippen LogP contribution < -0.4 is 0 Å². The summed E-state index contributed by atoms with van der Waals surface area (Å²) in [5.41, 5.74) is -2.00. The molecular formula is C13H21FO10. The first-order chi connectivity index (χ1) is 11.3. The quantitative estimate of drug-likeness (QED) is 0.243. The standard InChI is InChI=1S/C13H21FO10/c14-9(8-7(19)6(18)5(17)3(1-15)22-8)13-10(20)4(2-16)23-12(21)11(13)24-13/h3-12,15-21H,1-2H2/t3-,4-,5-,6+,7-,8-,9-,10+,11+,12+,13-/m1/s1. The molecule has 0 amide bonds. The van der Waals surface area contributed by atoms with E-state index in [9.17, 15) is 30.6 Å². The van der Waals surface area contributed by atoms with Crippen LogP contribution in [0.1, 0.15) is 0 Å². The molecule has 3 saturated heterocycles. The van der Waals surface area contributed by atoms with Gasteiger partial charge in [0.25, 0.3) is 0 Å². The Morgan fingerprint density at radius 1 is 0.875 bits per heavy atom. The van der Waals surface area contributed by atoms with E-state index in [0.717, 1.165) is 0 Å². The first-order valence-electron chi connectivity index (χ1n) is 7.54. The zero-order valence-electron chi connectivity index (χ0n) is 12.4. The van der Waals surface area contributed by atoms with Crippen LogP contribution in [-0.2, 0) is 14.2 Å². The molecule has 3 heterocycles. The molecule has 0 aromatic heterocycles. The van der Waals surface area contributed by atoms with Crippen molar-refractivity contribution in [3.05, 3.63) is 0 Å². The molecule has 0 bridgehead atoms. The zero-order valence-corrected chi connectivity index (χ0v) is 12.4. The number of ether oxygens (including phenoxy) is 3. The van der Waals surface area contributed by atoms with Crippen LogP contribution >= 0.6 is 0 Å². The molecule has 24 heavy (non-hydrogen) atoms. The van der Waals surface area contributed by atoms with Crippen molar-refractivity contribution in [2.45, 2.75) is 66.9 Å². The van der Waals surface area contributed by atoms with Crippen LogP contribution in [0.5, 0.6) is 0 Å². The highest BCUT2D eigenvalue weighted by Crippen LogP contribution is 2.52. The van der Waals surface area contributed by atoms with Crippen molar-refractivity contribution in [3.8, 4) is 0 Å². The summed E-state index contributed by atoms with van der Waals surface area (Å²) >= 11 is 0. The predicted molar refractivity (Wildman–Crippen MR) is 70.2 cm³/mol. The van der Waals surface area contributed by atoms with E-state index < -0.39 is 80.1 Å². The molecular weight excluding hydrogens is 335 g/mol. The van der Waals surface area contributed by atoms with E-state index in [1.165, 1.54) is 0 Å². The van der Waals surface area contributed by atoms with E-state index in [2.05, 4.69) is 0 Å². The van der Waals surface area contributed by atoms with Crippen LogP contribution in [0.25, 0.3) is 0 Å². The lowest BCUT2D eigenvalue weighted by Crippen LogP contribution is -2.66. The number of alkyl halides is 1. The first-order valence-corrected chi connectivity index (χ1v) is 7.54. The summed E-state index contributed by atoms with van der Waals surface area (Å²) in [6, 6.07) is 0. The van der Waals surface area contributed by atoms with Crippen LogP contribution in [0.3, 0.4) is 0 Å². The lowest BCUT2D eigenvalue weighted by atomic mass is 9.81. The minimum Gasteiger partial charge on any atom is -0.394 e. The lowest BCUT2D eigenvalue weighted by molar-refractivity contribution is -0.259. The minimum atomic E-state index is -2.24. The molecule has 0 saturated carbocycles. The summed E-state index contributed by atoms with van der Waals surface area (Å²) in [6.07, 6.45) is -16.5. The van der Waals surface area contributed by atoms with Gasteiger partial charge in [0.1, 0.15) is 48.8 Å². The van der Waals surface area contributed by atoms with E-state index in [0.29, 0.717) is 0 Å². The van der Waals surface area contributed by atoms with E-state index in [-0.39, 0.29) is 0 Å². The van der Waals surface area contributed by atoms with Gasteiger partial charge in [-0.05, 0) is 0 Å². The second-order valence-electron chi connectivity index (χ2n) is 6.28. The Kier molecular flexibility index (Phi) is 4.85. The van der Waals surface area contributed by atoms with E-state index in [1.807, 2.05) is 0 Å². The number of aliphatic hydroxyl groups is 7. The van der Waals surface area contributed by atoms with Gasteiger partial charge in [-0.1, -0.05) is 0 Å². The molecule has 0 aliphatic carbocycles. The van der Waals surface area contributed by atoms with Gasteiger partial charge in [0.2, 0.25) is 0 Å². The van der Waals surface area contributed by atoms with Crippen LogP contribution in [-0.4, -0.2) is 116 Å². The van der Waals surface area contributed by atoms with E-state index in [4.69, 9.17) is 19.3 Å². The number of fused-ring (bicyclic) bond motifs is 1. The van der Waals surface area contributed by atoms with Gasteiger partial charge in [-0.15, -0.1) is 0 Å². The summed E-state index contributed by atoms with van der Waals surface area (Å²) in [5.74, 6) is 0. The summed E-state index contributed by atoms with van der Waals surface area (Å²) in [7, 11) is 0. The Balaban J connectivity index is 1.84. The summed E-state index contributed by atoms with van der Waals surface area (Å²) in [5, 5.41) is 67.7. The molecule has 0 aromatic carbocycles. The van der Waals surface area contributed by atoms with Crippen molar-refractivity contribution >= 4 is 0 Å². The number of aliphatic hydroxyl groups excluding tert-OH is 7. The Bertz CT molecular complexity index is 466. The third-order valence-corrected chi connectivity index (χ3v) is 4.93. The molecule has 3 fully saturated rings. The summed E-state index contributed by atoms with van der Waals surface area (Å²) < 4.78 is 30.2. The predicted octanol–water partition coefficient (Wildman–Crippen LogP) is -4.63. The molecule has 3 aliphatic heterocycles. The average Bonchev–Trinajstić information content (AvgIpc) is 3.34. The van der Waals surface area contributed by atoms with Gasteiger partial charge in [-0.25, -0.2) is 4.39 Å². The lowest BCUT2D eigenvalue weighted by Gasteiger charge is -2.44. The number of epoxide rings is 1. The van der Waals surface area contributed by atoms with Gasteiger partial charge < -0.3 is 50.0 Å². The van der Waals surface area contributed by atoms with Gasteiger partial charge in [0.15, 0.2) is 18.1 Å². The molecule has 0 spiro atoms. The van der Waals surface area contributed by atoms with E-state index >= 15 is 4.39 Å². The fourth-order valence-electron chi connectivity index (χ4n) is 3.48. The number of rotatable bonds is 4. The van der Waals surface area contributed by atoms with Gasteiger partial charge in [-0.2, -0.15) is 0 Å². The Hall–Kier alpha value is -0.470. The van der Waals surface area contributed by atoms with Crippen LogP contribution in [0, 0.1) is 0 Å². The first kappa shape index (κ1) is 18.3. The van der Waals surface area contributed by atoms with Gasteiger partial charge in [-0.3, -0.25) is 0 Å². The molecule has 140 valence electrons. The topological polar surface area (TPSA) is 173 Å². The van der Waals surface area contributed by atoms with Crippen molar-refractivity contribution in [3.63, 3.8) is 0 Å². The second kappa shape index (κ2) is 6.36. The minimum absolute atomic E-state index is 0.711. The second-order valence-corrected chi connectivity index (χ2v) is 6.28. The Morgan fingerprint density at radius 2 is 1.50 bits per heavy atom. The summed E-state index contributed by atoms with van der Waals surface area (Å²) in [4.78, 5) is 0. The van der Waals surface area contributed by atoms with Gasteiger partial charge in [0, 0.05) is 0 Å². The SMILES string of the molecule is OC[C@H]1O[C@@H]([C@@H](F)[C@]23O[C@H]2[C@@H](O)O[C@H](CO)[C@@H]3O)[C@H](O)[C@@H](O)[C@@H]1O. The third-order valence-electron chi connectivity index (χ3n) is 4.93. The molecule has 11 atom stereocenters. The number of hydrogen-bond acceptors (Lipinski definition) is 10. The number of halogens is 1. The fraction of sp³-hybridized carbons (Fsp3) is 1.00. The van der Waals surface area contributed by atoms with Crippen molar-refractivity contribution in [2.75, 3.05) is 13.2 Å². The fourth-order valence-corrected chi connectivity index (χ4v) is 3.48. The highest BCUT2D eigenvalue weighted by Gasteiger charge is 2.76. The van der Waals surface area contributed by atoms with Crippen LogP contribution in [0.2, 0.25) is 0 Å². The molecule has 7 N–H and O–H groups in total. The van der Waals surface area contributed by atoms with Crippen LogP contribution in [0.15, 0.2) is 0 Å². The largest absolute Gasteiger partial charge is 0.394 e. The van der Waals surface area contributed by atoms with Crippen molar-refractivity contribution < 1.29 is 54.3 Å². The van der Waals surface area contributed by atoms with Crippen LogP contribution in [0.4, 0.5) is 4.39 Å². The van der Waals surface area contributed by atoms with Gasteiger partial charge in [0.05, 0.1) is 13.2 Å². The normalized spacial score (nSPS) is 55.8. The molecule has 10 nitrogen and oxygen atoms in total. The van der Waals surface area contributed by atoms with E-state index in [1.54, 1.807) is 0 Å². The molecule has 3 aliphatic rings. The maximum atomic E-state index is 15.1. The molecule has 0 radical (unpaired) electrons. The zero-order chi connectivity index (χ0) is 17.8. The maximum Gasteiger partial charge on any atom is 0.184 e. The summed E-state index contributed by atoms with van der Waals surface area (Å²) in [6.45, 7) is -1.45. The van der Waals surface area contributed by atoms with Crippen molar-refractivity contribution in [1.82, 2.24) is 0 Å². The average molecular weight is 356 g/mol. The highest BCUT2D eigenvalue weighted by molar-refractivity contribution is 5.20. The Morgan fingerprint density at radius 3 is 2.08 bits per heavy atom. The van der Waals surface area contributed by atoms with Crippen molar-refractivity contribution in [1.29, 1.82) is 0 Å². The van der Waals surface area contributed by atoms with Crippen molar-refractivity contribution in [2.24, 2.45) is 0 Å². The monoisotopic (exact) mass is 356 g/mol.